The second kappa shape index (κ2) is 10.2. The van der Waals surface area contributed by atoms with Crippen LogP contribution in [0.2, 0.25) is 0 Å². The first kappa shape index (κ1) is 20.3. The number of urea groups is 1. The summed E-state index contributed by atoms with van der Waals surface area (Å²) in [6, 6.07) is 16.3. The Hall–Kier alpha value is -1.99. The molecule has 140 valence electrons. The van der Waals surface area contributed by atoms with Crippen molar-refractivity contribution in [3.63, 3.8) is 0 Å². The van der Waals surface area contributed by atoms with Crippen LogP contribution in [-0.4, -0.2) is 39.0 Å². The van der Waals surface area contributed by atoms with Crippen molar-refractivity contribution in [1.29, 1.82) is 0 Å². The third-order valence-corrected chi connectivity index (χ3v) is 6.44. The van der Waals surface area contributed by atoms with Crippen molar-refractivity contribution in [2.24, 2.45) is 0 Å². The van der Waals surface area contributed by atoms with E-state index in [1.54, 1.807) is 42.1 Å². The van der Waals surface area contributed by atoms with Gasteiger partial charge in [-0.3, -0.25) is 0 Å². The van der Waals surface area contributed by atoms with Gasteiger partial charge in [0, 0.05) is 24.6 Å². The normalized spacial score (nSPS) is 11.1. The number of amides is 2. The van der Waals surface area contributed by atoms with E-state index in [0.717, 1.165) is 11.5 Å². The van der Waals surface area contributed by atoms with Crippen LogP contribution in [0.4, 0.5) is 4.79 Å². The summed E-state index contributed by atoms with van der Waals surface area (Å²) in [5.41, 5.74) is 2.50. The van der Waals surface area contributed by atoms with E-state index in [1.807, 2.05) is 0 Å². The second-order valence-electron chi connectivity index (χ2n) is 5.85. The van der Waals surface area contributed by atoms with E-state index in [2.05, 4.69) is 41.8 Å². The summed E-state index contributed by atoms with van der Waals surface area (Å²) in [7, 11) is -3.37. The molecule has 0 saturated heterocycles. The van der Waals surface area contributed by atoms with Crippen LogP contribution in [0.15, 0.2) is 59.5 Å². The molecule has 0 aliphatic rings. The Labute approximate surface area is 159 Å². The molecule has 5 nitrogen and oxygen atoms in total. The lowest BCUT2D eigenvalue weighted by Gasteiger charge is -2.08. The molecule has 0 saturated carbocycles. The highest BCUT2D eigenvalue weighted by Gasteiger charge is 2.13. The van der Waals surface area contributed by atoms with Gasteiger partial charge in [0.05, 0.1) is 10.6 Å². The van der Waals surface area contributed by atoms with Crippen molar-refractivity contribution in [3.05, 3.63) is 65.7 Å². The molecule has 2 aromatic carbocycles. The maximum atomic E-state index is 12.1. The van der Waals surface area contributed by atoms with Crippen LogP contribution in [0, 0.1) is 6.92 Å². The van der Waals surface area contributed by atoms with Gasteiger partial charge >= 0.3 is 6.03 Å². The molecule has 0 aromatic heterocycles. The lowest BCUT2D eigenvalue weighted by Crippen LogP contribution is -2.39. The van der Waals surface area contributed by atoms with Gasteiger partial charge in [-0.05, 0) is 24.6 Å². The molecular weight excluding hydrogens is 368 g/mol. The van der Waals surface area contributed by atoms with E-state index < -0.39 is 9.84 Å². The van der Waals surface area contributed by atoms with E-state index >= 15 is 0 Å². The van der Waals surface area contributed by atoms with Gasteiger partial charge in [-0.15, -0.1) is 0 Å². The van der Waals surface area contributed by atoms with Gasteiger partial charge in [0.1, 0.15) is 0 Å². The summed E-state index contributed by atoms with van der Waals surface area (Å²) in [4.78, 5) is 12.0. The number of thioether (sulfide) groups is 1. The molecule has 2 N–H and O–H groups in total. The number of rotatable bonds is 9. The van der Waals surface area contributed by atoms with Crippen molar-refractivity contribution in [1.82, 2.24) is 10.6 Å². The third kappa shape index (κ3) is 7.09. The molecule has 0 spiro atoms. The van der Waals surface area contributed by atoms with Crippen LogP contribution in [0.5, 0.6) is 0 Å². The molecule has 0 bridgehead atoms. The van der Waals surface area contributed by atoms with Crippen molar-refractivity contribution < 1.29 is 13.2 Å². The summed E-state index contributed by atoms with van der Waals surface area (Å²) in [5.74, 6) is 1.58. The second-order valence-corrected chi connectivity index (χ2v) is 9.07. The maximum absolute atomic E-state index is 12.1. The molecule has 0 aliphatic carbocycles. The molecule has 26 heavy (non-hydrogen) atoms. The van der Waals surface area contributed by atoms with Gasteiger partial charge in [-0.25, -0.2) is 13.2 Å². The Morgan fingerprint density at radius 2 is 1.62 bits per heavy atom. The smallest absolute Gasteiger partial charge is 0.314 e. The number of hydrogen-bond acceptors (Lipinski definition) is 4. The van der Waals surface area contributed by atoms with Crippen LogP contribution >= 0.6 is 11.8 Å². The lowest BCUT2D eigenvalue weighted by atomic mass is 10.2. The lowest BCUT2D eigenvalue weighted by molar-refractivity contribution is 0.242. The topological polar surface area (TPSA) is 75.3 Å². The fraction of sp³-hybridized carbons (Fsp3) is 0.316. The van der Waals surface area contributed by atoms with Gasteiger partial charge in [0.2, 0.25) is 0 Å². The third-order valence-electron chi connectivity index (χ3n) is 3.68. The highest BCUT2D eigenvalue weighted by atomic mass is 32.2. The largest absolute Gasteiger partial charge is 0.337 e. The predicted molar refractivity (Wildman–Crippen MR) is 107 cm³/mol. The van der Waals surface area contributed by atoms with Crippen molar-refractivity contribution in [3.8, 4) is 0 Å². The quantitative estimate of drug-likeness (QED) is 0.643. The number of carbonyl (C=O) groups is 1. The average Bonchev–Trinajstić information content (AvgIpc) is 2.63. The van der Waals surface area contributed by atoms with E-state index in [-0.39, 0.29) is 23.2 Å². The number of sulfone groups is 1. The fourth-order valence-corrected chi connectivity index (χ4v) is 4.22. The van der Waals surface area contributed by atoms with Crippen LogP contribution in [0.1, 0.15) is 11.1 Å². The van der Waals surface area contributed by atoms with Crippen molar-refractivity contribution in [2.45, 2.75) is 17.6 Å². The zero-order valence-electron chi connectivity index (χ0n) is 14.8. The van der Waals surface area contributed by atoms with E-state index in [0.29, 0.717) is 6.54 Å². The highest BCUT2D eigenvalue weighted by molar-refractivity contribution is 7.98. The van der Waals surface area contributed by atoms with Gasteiger partial charge in [0.25, 0.3) is 0 Å². The minimum Gasteiger partial charge on any atom is -0.337 e. The number of benzene rings is 2. The Balaban J connectivity index is 1.58. The summed E-state index contributed by atoms with van der Waals surface area (Å²) in [5, 5.41) is 5.32. The molecule has 0 aliphatic heterocycles. The molecule has 0 fully saturated rings. The monoisotopic (exact) mass is 392 g/mol. The minimum atomic E-state index is -3.37. The van der Waals surface area contributed by atoms with Crippen molar-refractivity contribution >= 4 is 27.6 Å². The first-order valence-electron chi connectivity index (χ1n) is 8.40. The van der Waals surface area contributed by atoms with Crippen LogP contribution in [-0.2, 0) is 15.6 Å². The SMILES string of the molecule is Cc1ccc(CSCCNC(=O)NCCS(=O)(=O)c2ccccc2)cc1. The van der Waals surface area contributed by atoms with Crippen LogP contribution in [0.3, 0.4) is 0 Å². The number of hydrogen-bond donors (Lipinski definition) is 2. The molecule has 0 heterocycles. The van der Waals surface area contributed by atoms with Gasteiger partial charge in [-0.2, -0.15) is 11.8 Å². The number of nitrogens with one attached hydrogen (secondary N) is 2. The summed E-state index contributed by atoms with van der Waals surface area (Å²) in [6.07, 6.45) is 0. The predicted octanol–water partition coefficient (Wildman–Crippen LogP) is 3.00. The van der Waals surface area contributed by atoms with Crippen LogP contribution in [0.25, 0.3) is 0 Å². The van der Waals surface area contributed by atoms with Gasteiger partial charge < -0.3 is 10.6 Å². The molecular formula is C19H24N2O3S2. The van der Waals surface area contributed by atoms with E-state index in [1.165, 1.54) is 11.1 Å². The fourth-order valence-electron chi connectivity index (χ4n) is 2.22. The zero-order valence-corrected chi connectivity index (χ0v) is 16.4. The summed E-state index contributed by atoms with van der Waals surface area (Å²) >= 11 is 1.74. The Kier molecular flexibility index (Phi) is 8.00. The zero-order chi connectivity index (χ0) is 18.8. The first-order valence-corrected chi connectivity index (χ1v) is 11.2. The summed E-state index contributed by atoms with van der Waals surface area (Å²) < 4.78 is 24.2. The Morgan fingerprint density at radius 1 is 0.962 bits per heavy atom. The molecule has 2 amide bonds. The molecule has 2 aromatic rings. The Morgan fingerprint density at radius 3 is 2.31 bits per heavy atom. The Bertz CT molecular complexity index is 791. The standard InChI is InChI=1S/C19H24N2O3S2/c1-16-7-9-17(10-8-16)15-25-13-11-20-19(22)21-12-14-26(23,24)18-5-3-2-4-6-18/h2-10H,11-15H2,1H3,(H2,20,21,22). The van der Waals surface area contributed by atoms with Gasteiger partial charge in [0.15, 0.2) is 9.84 Å². The van der Waals surface area contributed by atoms with Gasteiger partial charge in [-0.1, -0.05) is 48.0 Å². The number of carbonyl (C=O) groups excluding carboxylic acids is 1. The molecule has 0 radical (unpaired) electrons. The van der Waals surface area contributed by atoms with E-state index in [4.69, 9.17) is 0 Å². The first-order chi connectivity index (χ1) is 12.5. The number of aryl methyl sites for hydroxylation is 1. The molecule has 0 unspecified atom stereocenters. The van der Waals surface area contributed by atoms with Crippen molar-refractivity contribution in [2.75, 3.05) is 24.6 Å². The average molecular weight is 393 g/mol. The maximum Gasteiger partial charge on any atom is 0.314 e. The molecule has 7 heteroatoms. The minimum absolute atomic E-state index is 0.0829. The van der Waals surface area contributed by atoms with E-state index in [9.17, 15) is 13.2 Å². The van der Waals surface area contributed by atoms with Crippen LogP contribution < -0.4 is 10.6 Å². The highest BCUT2D eigenvalue weighted by Crippen LogP contribution is 2.12. The summed E-state index contributed by atoms with van der Waals surface area (Å²) in [6.45, 7) is 2.68. The molecule has 0 atom stereocenters. The molecule has 2 rings (SSSR count).